The minimum absolute atomic E-state index is 0.00561. The summed E-state index contributed by atoms with van der Waals surface area (Å²) in [7, 11) is 0. The Labute approximate surface area is 99.4 Å². The number of nitrogen functional groups attached to an aromatic ring is 1. The average Bonchev–Trinajstić information content (AvgIpc) is 2.74. The van der Waals surface area contributed by atoms with E-state index in [1.165, 1.54) is 0 Å². The summed E-state index contributed by atoms with van der Waals surface area (Å²) in [6.45, 7) is 0.931. The average molecular weight is 229 g/mol. The van der Waals surface area contributed by atoms with Gasteiger partial charge in [-0.2, -0.15) is 0 Å². The van der Waals surface area contributed by atoms with Crippen molar-refractivity contribution < 1.29 is 0 Å². The van der Waals surface area contributed by atoms with Crippen molar-refractivity contribution in [2.45, 2.75) is 25.4 Å². The first-order valence-electron chi connectivity index (χ1n) is 5.80. The molecule has 0 amide bonds. The molecule has 2 heterocycles. The lowest BCUT2D eigenvalue weighted by Crippen LogP contribution is -2.22. The molecule has 0 saturated carbocycles. The maximum atomic E-state index is 6.02. The van der Waals surface area contributed by atoms with Crippen LogP contribution in [0.15, 0.2) is 24.3 Å². The van der Waals surface area contributed by atoms with Crippen LogP contribution in [0.4, 0.5) is 5.69 Å². The lowest BCUT2D eigenvalue weighted by molar-refractivity contribution is 0.454. The van der Waals surface area contributed by atoms with Crippen molar-refractivity contribution in [3.05, 3.63) is 30.1 Å². The van der Waals surface area contributed by atoms with E-state index >= 15 is 0 Å². The van der Waals surface area contributed by atoms with Crippen LogP contribution in [0.1, 0.15) is 24.7 Å². The predicted molar refractivity (Wildman–Crippen MR) is 66.0 cm³/mol. The molecular formula is C12H15N5. The largest absolute Gasteiger partial charge is 0.399 e. The van der Waals surface area contributed by atoms with Crippen LogP contribution >= 0.6 is 0 Å². The maximum absolute atomic E-state index is 6.02. The highest BCUT2D eigenvalue weighted by molar-refractivity contribution is 5.61. The quantitative estimate of drug-likeness (QED) is 0.722. The fourth-order valence-corrected chi connectivity index (χ4v) is 2.30. The van der Waals surface area contributed by atoms with Crippen molar-refractivity contribution in [2.24, 2.45) is 5.73 Å². The smallest absolute Gasteiger partial charge is 0.164 e. The van der Waals surface area contributed by atoms with Crippen molar-refractivity contribution in [2.75, 3.05) is 5.73 Å². The number of fused-ring (bicyclic) bond motifs is 1. The molecule has 1 atom stereocenters. The Morgan fingerprint density at radius 3 is 3.00 bits per heavy atom. The molecule has 1 aromatic carbocycles. The monoisotopic (exact) mass is 229 g/mol. The van der Waals surface area contributed by atoms with E-state index in [4.69, 9.17) is 11.5 Å². The van der Waals surface area contributed by atoms with Crippen molar-refractivity contribution in [3.63, 3.8) is 0 Å². The number of nitrogens with two attached hydrogens (primary N) is 2. The zero-order valence-electron chi connectivity index (χ0n) is 9.50. The minimum atomic E-state index is 0.00561. The van der Waals surface area contributed by atoms with Crippen LogP contribution in [0.3, 0.4) is 0 Å². The van der Waals surface area contributed by atoms with Gasteiger partial charge in [0.15, 0.2) is 5.82 Å². The summed E-state index contributed by atoms with van der Waals surface area (Å²) in [5, 5.41) is 8.43. The lowest BCUT2D eigenvalue weighted by Gasteiger charge is -2.20. The molecule has 0 saturated heterocycles. The second-order valence-corrected chi connectivity index (χ2v) is 4.41. The number of hydrogen-bond acceptors (Lipinski definition) is 4. The van der Waals surface area contributed by atoms with E-state index in [0.717, 1.165) is 42.3 Å². The number of hydrogen-bond donors (Lipinski definition) is 2. The Morgan fingerprint density at radius 1 is 1.29 bits per heavy atom. The van der Waals surface area contributed by atoms with Crippen LogP contribution in [0.5, 0.6) is 0 Å². The molecule has 1 aliphatic heterocycles. The molecule has 1 aromatic heterocycles. The van der Waals surface area contributed by atoms with Gasteiger partial charge in [0.25, 0.3) is 0 Å². The van der Waals surface area contributed by atoms with E-state index in [1.807, 2.05) is 24.3 Å². The Kier molecular flexibility index (Phi) is 2.33. The summed E-state index contributed by atoms with van der Waals surface area (Å²) in [4.78, 5) is 0. The first-order valence-corrected chi connectivity index (χ1v) is 5.80. The summed E-state index contributed by atoms with van der Waals surface area (Å²) in [5.41, 5.74) is 13.5. The van der Waals surface area contributed by atoms with Crippen molar-refractivity contribution >= 4 is 5.69 Å². The van der Waals surface area contributed by atoms with Crippen molar-refractivity contribution in [1.82, 2.24) is 14.8 Å². The molecule has 0 bridgehead atoms. The highest BCUT2D eigenvalue weighted by atomic mass is 15.3. The molecule has 5 nitrogen and oxygen atoms in total. The molecule has 4 N–H and O–H groups in total. The van der Waals surface area contributed by atoms with Crippen LogP contribution in [0.2, 0.25) is 0 Å². The molecule has 0 radical (unpaired) electrons. The molecule has 1 unspecified atom stereocenters. The highest BCUT2D eigenvalue weighted by Gasteiger charge is 2.22. The van der Waals surface area contributed by atoms with E-state index < -0.39 is 0 Å². The van der Waals surface area contributed by atoms with Gasteiger partial charge in [0.05, 0.1) is 6.04 Å². The highest BCUT2D eigenvalue weighted by Crippen LogP contribution is 2.27. The SMILES string of the molecule is Nc1cccc(-c2nnc3n2CCCC3N)c1. The lowest BCUT2D eigenvalue weighted by atomic mass is 10.1. The zero-order chi connectivity index (χ0) is 11.8. The summed E-state index contributed by atoms with van der Waals surface area (Å²) in [6.07, 6.45) is 2.05. The fraction of sp³-hybridized carbons (Fsp3) is 0.333. The van der Waals surface area contributed by atoms with E-state index in [0.29, 0.717) is 0 Å². The van der Waals surface area contributed by atoms with Crippen LogP contribution in [-0.4, -0.2) is 14.8 Å². The molecule has 0 fully saturated rings. The summed E-state index contributed by atoms with van der Waals surface area (Å²) < 4.78 is 2.10. The minimum Gasteiger partial charge on any atom is -0.399 e. The molecule has 1 aliphatic rings. The molecule has 5 heteroatoms. The van der Waals surface area contributed by atoms with E-state index in [-0.39, 0.29) is 6.04 Å². The van der Waals surface area contributed by atoms with Gasteiger partial charge in [-0.15, -0.1) is 10.2 Å². The molecule has 88 valence electrons. The van der Waals surface area contributed by atoms with Crippen LogP contribution in [-0.2, 0) is 6.54 Å². The standard InChI is InChI=1S/C12H15N5/c13-9-4-1-3-8(7-9)11-15-16-12-10(14)5-2-6-17(11)12/h1,3-4,7,10H,2,5-6,13-14H2. The second-order valence-electron chi connectivity index (χ2n) is 4.41. The number of rotatable bonds is 1. The normalized spacial score (nSPS) is 19.0. The topological polar surface area (TPSA) is 82.8 Å². The Bertz CT molecular complexity index is 546. The first-order chi connectivity index (χ1) is 8.25. The Hall–Kier alpha value is -1.88. The molecule has 17 heavy (non-hydrogen) atoms. The maximum Gasteiger partial charge on any atom is 0.164 e. The molecule has 0 spiro atoms. The van der Waals surface area contributed by atoms with Crippen molar-refractivity contribution in [3.8, 4) is 11.4 Å². The van der Waals surface area contributed by atoms with Crippen molar-refractivity contribution in [1.29, 1.82) is 0 Å². The van der Waals surface area contributed by atoms with Crippen LogP contribution in [0.25, 0.3) is 11.4 Å². The number of benzene rings is 1. The second kappa shape index (κ2) is 3.85. The summed E-state index contributed by atoms with van der Waals surface area (Å²) in [6, 6.07) is 7.70. The van der Waals surface area contributed by atoms with Gasteiger partial charge in [-0.25, -0.2) is 0 Å². The third-order valence-electron chi connectivity index (χ3n) is 3.15. The fourth-order valence-electron chi connectivity index (χ4n) is 2.30. The van der Waals surface area contributed by atoms with Gasteiger partial charge in [0.1, 0.15) is 5.82 Å². The van der Waals surface area contributed by atoms with E-state index in [2.05, 4.69) is 14.8 Å². The van der Waals surface area contributed by atoms with Gasteiger partial charge in [-0.3, -0.25) is 0 Å². The Balaban J connectivity index is 2.10. The van der Waals surface area contributed by atoms with Gasteiger partial charge in [-0.05, 0) is 25.0 Å². The molecule has 2 aromatic rings. The van der Waals surface area contributed by atoms with Gasteiger partial charge < -0.3 is 16.0 Å². The summed E-state index contributed by atoms with van der Waals surface area (Å²) in [5.74, 6) is 1.75. The zero-order valence-corrected chi connectivity index (χ0v) is 9.50. The van der Waals surface area contributed by atoms with Crippen LogP contribution in [0, 0.1) is 0 Å². The van der Waals surface area contributed by atoms with Gasteiger partial charge in [0.2, 0.25) is 0 Å². The van der Waals surface area contributed by atoms with E-state index in [1.54, 1.807) is 0 Å². The summed E-state index contributed by atoms with van der Waals surface area (Å²) >= 11 is 0. The first kappa shape index (κ1) is 10.3. The third-order valence-corrected chi connectivity index (χ3v) is 3.15. The number of aromatic nitrogens is 3. The number of anilines is 1. The van der Waals surface area contributed by atoms with Gasteiger partial charge >= 0.3 is 0 Å². The Morgan fingerprint density at radius 2 is 2.18 bits per heavy atom. The third kappa shape index (κ3) is 1.68. The van der Waals surface area contributed by atoms with Gasteiger partial charge in [0, 0.05) is 17.8 Å². The van der Waals surface area contributed by atoms with Crippen LogP contribution < -0.4 is 11.5 Å². The predicted octanol–water partition coefficient (Wildman–Crippen LogP) is 1.32. The van der Waals surface area contributed by atoms with E-state index in [9.17, 15) is 0 Å². The number of nitrogens with zero attached hydrogens (tertiary/aromatic N) is 3. The molecular weight excluding hydrogens is 214 g/mol. The molecule has 3 rings (SSSR count). The van der Waals surface area contributed by atoms with Gasteiger partial charge in [-0.1, -0.05) is 12.1 Å². The molecule has 0 aliphatic carbocycles.